The minimum absolute atomic E-state index is 0.0605. The maximum atomic E-state index is 14.1. The molecule has 11 heteroatoms. The first-order chi connectivity index (χ1) is 19.2. The summed E-state index contributed by atoms with van der Waals surface area (Å²) in [5.41, 5.74) is 8.76. The molecule has 3 saturated carbocycles. The first-order valence-corrected chi connectivity index (χ1v) is 15.9. The number of carbonyl (C=O) groups excluding carboxylic acids is 2. The van der Waals surface area contributed by atoms with E-state index < -0.39 is 15.1 Å². The van der Waals surface area contributed by atoms with Crippen molar-refractivity contribution >= 4 is 33.1 Å². The molecule has 1 aliphatic heterocycles. The van der Waals surface area contributed by atoms with E-state index in [1.165, 1.54) is 4.52 Å². The first kappa shape index (κ1) is 25.5. The Labute approximate surface area is 233 Å². The third-order valence-corrected chi connectivity index (χ3v) is 11.3. The van der Waals surface area contributed by atoms with E-state index in [1.807, 2.05) is 11.0 Å². The predicted octanol–water partition coefficient (Wildman–Crippen LogP) is 3.73. The molecule has 3 N–H and O–H groups in total. The quantitative estimate of drug-likeness (QED) is 0.447. The molecule has 3 aromatic rings. The topological polar surface area (TPSA) is 140 Å². The van der Waals surface area contributed by atoms with Crippen molar-refractivity contribution in [3.63, 3.8) is 0 Å². The van der Waals surface area contributed by atoms with E-state index in [9.17, 15) is 18.0 Å². The Kier molecular flexibility index (Phi) is 5.92. The van der Waals surface area contributed by atoms with Crippen molar-refractivity contribution in [2.45, 2.75) is 93.5 Å². The van der Waals surface area contributed by atoms with Crippen LogP contribution < -0.4 is 11.1 Å². The lowest BCUT2D eigenvalue weighted by atomic mass is 10.0. The van der Waals surface area contributed by atoms with Crippen LogP contribution in [0, 0.1) is 5.92 Å². The summed E-state index contributed by atoms with van der Waals surface area (Å²) >= 11 is 0. The van der Waals surface area contributed by atoms with Gasteiger partial charge in [0.05, 0.1) is 21.4 Å². The van der Waals surface area contributed by atoms with Gasteiger partial charge in [0.15, 0.2) is 21.3 Å². The Hall–Kier alpha value is -3.47. The molecule has 3 aliphatic carbocycles. The second-order valence-corrected chi connectivity index (χ2v) is 14.1. The van der Waals surface area contributed by atoms with Gasteiger partial charge in [0.25, 0.3) is 11.8 Å². The molecule has 3 heterocycles. The van der Waals surface area contributed by atoms with Crippen molar-refractivity contribution in [2.24, 2.45) is 5.92 Å². The lowest BCUT2D eigenvalue weighted by molar-refractivity contribution is 0.0694. The Morgan fingerprint density at radius 2 is 1.85 bits per heavy atom. The average Bonchev–Trinajstić information content (AvgIpc) is 3.88. The minimum Gasteiger partial charge on any atom is -0.381 e. The Morgan fingerprint density at radius 3 is 2.55 bits per heavy atom. The summed E-state index contributed by atoms with van der Waals surface area (Å²) in [6.45, 7) is 2.44. The number of hydrogen-bond donors (Lipinski definition) is 2. The van der Waals surface area contributed by atoms with Gasteiger partial charge in [0, 0.05) is 30.4 Å². The van der Waals surface area contributed by atoms with E-state index in [2.05, 4.69) is 17.3 Å². The minimum atomic E-state index is -3.75. The highest BCUT2D eigenvalue weighted by Crippen LogP contribution is 2.42. The number of anilines is 1. The average molecular weight is 563 g/mol. The number of rotatable bonds is 7. The summed E-state index contributed by atoms with van der Waals surface area (Å²) in [6, 6.07) is 5.45. The van der Waals surface area contributed by atoms with Crippen LogP contribution in [-0.4, -0.2) is 57.1 Å². The van der Waals surface area contributed by atoms with Crippen LogP contribution in [0.4, 0.5) is 5.82 Å². The monoisotopic (exact) mass is 562 g/mol. The van der Waals surface area contributed by atoms with E-state index in [0.29, 0.717) is 53.3 Å². The van der Waals surface area contributed by atoms with Gasteiger partial charge in [-0.3, -0.25) is 9.59 Å². The molecule has 0 spiro atoms. The fourth-order valence-corrected chi connectivity index (χ4v) is 8.45. The van der Waals surface area contributed by atoms with Crippen molar-refractivity contribution in [1.82, 2.24) is 24.8 Å². The highest BCUT2D eigenvalue weighted by atomic mass is 32.2. The molecule has 1 aromatic carbocycles. The van der Waals surface area contributed by atoms with Crippen LogP contribution in [0.3, 0.4) is 0 Å². The molecule has 1 atom stereocenters. The predicted molar refractivity (Wildman–Crippen MR) is 149 cm³/mol. The second kappa shape index (κ2) is 9.29. The van der Waals surface area contributed by atoms with Gasteiger partial charge in [-0.2, -0.15) is 0 Å². The highest BCUT2D eigenvalue weighted by Gasteiger charge is 2.43. The summed E-state index contributed by atoms with van der Waals surface area (Å²) in [7, 11) is -3.75. The number of nitrogens with one attached hydrogen (secondary N) is 1. The number of aromatic nitrogens is 3. The fraction of sp³-hybridized carbons (Fsp3) is 0.517. The second-order valence-electron chi connectivity index (χ2n) is 11.9. The molecule has 0 saturated heterocycles. The molecule has 3 fully saturated rings. The summed E-state index contributed by atoms with van der Waals surface area (Å²) in [4.78, 5) is 33.4. The standard InChI is InChI=1S/C29H34N6O4S/c1-16(17-7-8-17)34-15-19-13-18(14-23(24(19)29(34)37)40(38,39)21-5-3-2-4-6-21)22-11-12-35-27(32-22)25(26(30)33-35)28(36)31-20-9-10-20/h11-14,16-17,20-21H,2-10,15H2,1H3,(H2,30,33)(H,31,36). The number of carbonyl (C=O) groups is 2. The number of amides is 2. The molecular formula is C29H34N6O4S. The van der Waals surface area contributed by atoms with Crippen molar-refractivity contribution in [1.29, 1.82) is 0 Å². The molecule has 40 heavy (non-hydrogen) atoms. The van der Waals surface area contributed by atoms with Crippen LogP contribution in [0.1, 0.15) is 91.0 Å². The lowest BCUT2D eigenvalue weighted by Crippen LogP contribution is -2.35. The van der Waals surface area contributed by atoms with Crippen molar-refractivity contribution in [3.05, 3.63) is 41.1 Å². The van der Waals surface area contributed by atoms with Crippen LogP contribution in [0.15, 0.2) is 29.3 Å². The maximum absolute atomic E-state index is 14.1. The number of nitrogen functional groups attached to an aromatic ring is 1. The summed E-state index contributed by atoms with van der Waals surface area (Å²) in [5, 5.41) is 6.71. The SMILES string of the molecule is CC(C1CC1)N1Cc2cc(-c3ccn4nc(N)c(C(=O)NC5CC5)c4n3)cc(S(=O)(=O)C3CCCCC3)c2C1=O. The zero-order chi connectivity index (χ0) is 27.8. The Morgan fingerprint density at radius 1 is 1.10 bits per heavy atom. The third-order valence-electron chi connectivity index (χ3n) is 9.04. The van der Waals surface area contributed by atoms with Gasteiger partial charge in [0.2, 0.25) is 0 Å². The number of benzene rings is 1. The molecule has 10 nitrogen and oxygen atoms in total. The van der Waals surface area contributed by atoms with E-state index in [-0.39, 0.29) is 40.2 Å². The van der Waals surface area contributed by atoms with E-state index in [0.717, 1.165) is 44.9 Å². The first-order valence-electron chi connectivity index (χ1n) is 14.4. The normalized spacial score (nSPS) is 20.6. The molecule has 210 valence electrons. The number of sulfone groups is 1. The lowest BCUT2D eigenvalue weighted by Gasteiger charge is -2.25. The smallest absolute Gasteiger partial charge is 0.259 e. The largest absolute Gasteiger partial charge is 0.381 e. The molecule has 2 aromatic heterocycles. The van der Waals surface area contributed by atoms with Crippen LogP contribution in [0.2, 0.25) is 0 Å². The van der Waals surface area contributed by atoms with Gasteiger partial charge >= 0.3 is 0 Å². The number of fused-ring (bicyclic) bond motifs is 2. The van der Waals surface area contributed by atoms with Gasteiger partial charge < -0.3 is 16.0 Å². The zero-order valence-electron chi connectivity index (χ0n) is 22.6. The van der Waals surface area contributed by atoms with Crippen LogP contribution in [0.5, 0.6) is 0 Å². The van der Waals surface area contributed by atoms with Gasteiger partial charge in [-0.15, -0.1) is 5.10 Å². The molecule has 0 bridgehead atoms. The van der Waals surface area contributed by atoms with Crippen LogP contribution in [-0.2, 0) is 16.4 Å². The fourth-order valence-electron chi connectivity index (χ4n) is 6.34. The van der Waals surface area contributed by atoms with Crippen molar-refractivity contribution < 1.29 is 18.0 Å². The Bertz CT molecular complexity index is 1650. The molecule has 4 aliphatic rings. The summed E-state index contributed by atoms with van der Waals surface area (Å²) < 4.78 is 29.7. The molecule has 1 unspecified atom stereocenters. The van der Waals surface area contributed by atoms with E-state index in [4.69, 9.17) is 10.7 Å². The molecule has 0 radical (unpaired) electrons. The van der Waals surface area contributed by atoms with E-state index >= 15 is 0 Å². The summed E-state index contributed by atoms with van der Waals surface area (Å²) in [6.07, 6.45) is 9.73. The number of hydrogen-bond acceptors (Lipinski definition) is 7. The third kappa shape index (κ3) is 4.25. The van der Waals surface area contributed by atoms with Crippen LogP contribution >= 0.6 is 0 Å². The zero-order valence-corrected chi connectivity index (χ0v) is 23.4. The van der Waals surface area contributed by atoms with Crippen molar-refractivity contribution in [3.8, 4) is 11.3 Å². The van der Waals surface area contributed by atoms with Gasteiger partial charge in [0.1, 0.15) is 5.56 Å². The van der Waals surface area contributed by atoms with Crippen LogP contribution in [0.25, 0.3) is 16.9 Å². The molecule has 2 amide bonds. The van der Waals surface area contributed by atoms with Gasteiger partial charge in [-0.05, 0) is 75.1 Å². The van der Waals surface area contributed by atoms with Gasteiger partial charge in [-0.1, -0.05) is 19.3 Å². The Balaban J connectivity index is 1.35. The van der Waals surface area contributed by atoms with E-state index in [1.54, 1.807) is 18.3 Å². The summed E-state index contributed by atoms with van der Waals surface area (Å²) in [5.74, 6) is 0.0474. The van der Waals surface area contributed by atoms with Crippen molar-refractivity contribution in [2.75, 3.05) is 5.73 Å². The maximum Gasteiger partial charge on any atom is 0.259 e. The highest BCUT2D eigenvalue weighted by molar-refractivity contribution is 7.92. The molecular weight excluding hydrogens is 528 g/mol. The number of nitrogens with two attached hydrogens (primary N) is 1. The molecule has 7 rings (SSSR count). The van der Waals surface area contributed by atoms with Gasteiger partial charge in [-0.25, -0.2) is 17.9 Å². The number of nitrogens with zero attached hydrogens (tertiary/aromatic N) is 4.